The zero-order valence-electron chi connectivity index (χ0n) is 20.4. The summed E-state index contributed by atoms with van der Waals surface area (Å²) in [6.07, 6.45) is 0.530. The van der Waals surface area contributed by atoms with Gasteiger partial charge in [0.25, 0.3) is 17.4 Å². The molecule has 1 aliphatic heterocycles. The number of carbonyl (C=O) groups is 2. The van der Waals surface area contributed by atoms with E-state index in [9.17, 15) is 33.2 Å². The SMILES string of the molecule is CN(C)CCCN1C(=O)C(=O)/C(=C(\O)c2ccc(S(=O)(=O)N(C)C)cc2)C1c1cccc([N+](=O)[O-])c1. The lowest BCUT2D eigenvalue weighted by Crippen LogP contribution is -2.32. The van der Waals surface area contributed by atoms with E-state index in [0.29, 0.717) is 18.5 Å². The van der Waals surface area contributed by atoms with Gasteiger partial charge in [0.2, 0.25) is 10.0 Å². The summed E-state index contributed by atoms with van der Waals surface area (Å²) in [6.45, 7) is 0.819. The van der Waals surface area contributed by atoms with Crippen molar-refractivity contribution in [2.75, 3.05) is 41.3 Å². The number of aliphatic hydroxyl groups is 1. The first-order valence-electron chi connectivity index (χ1n) is 11.1. The molecule has 192 valence electrons. The van der Waals surface area contributed by atoms with Crippen LogP contribution in [0.2, 0.25) is 0 Å². The molecule has 0 radical (unpaired) electrons. The van der Waals surface area contributed by atoms with Crippen LogP contribution < -0.4 is 0 Å². The highest BCUT2D eigenvalue weighted by Gasteiger charge is 2.46. The van der Waals surface area contributed by atoms with E-state index in [0.717, 1.165) is 4.31 Å². The molecule has 0 aliphatic carbocycles. The number of carbonyl (C=O) groups excluding carboxylic acids is 2. The maximum absolute atomic E-state index is 13.1. The molecule has 12 heteroatoms. The summed E-state index contributed by atoms with van der Waals surface area (Å²) in [6, 6.07) is 9.81. The molecule has 2 aromatic carbocycles. The number of likely N-dealkylation sites (tertiary alicyclic amines) is 1. The normalized spacial score (nSPS) is 17.8. The highest BCUT2D eigenvalue weighted by atomic mass is 32.2. The Morgan fingerprint density at radius 3 is 2.28 bits per heavy atom. The van der Waals surface area contributed by atoms with Crippen molar-refractivity contribution < 1.29 is 28.0 Å². The lowest BCUT2D eigenvalue weighted by molar-refractivity contribution is -0.384. The number of nitrogens with zero attached hydrogens (tertiary/aromatic N) is 4. The number of non-ortho nitro benzene ring substituents is 1. The van der Waals surface area contributed by atoms with E-state index >= 15 is 0 Å². The average Bonchev–Trinajstić information content (AvgIpc) is 3.08. The summed E-state index contributed by atoms with van der Waals surface area (Å²) in [4.78, 5) is 40.1. The molecule has 1 N–H and O–H groups in total. The van der Waals surface area contributed by atoms with Gasteiger partial charge in [-0.2, -0.15) is 0 Å². The Hall–Kier alpha value is -3.61. The van der Waals surface area contributed by atoms with Crippen LogP contribution in [0.1, 0.15) is 23.6 Å². The van der Waals surface area contributed by atoms with Crippen LogP contribution in [0.15, 0.2) is 59.0 Å². The first kappa shape index (κ1) is 27.0. The average molecular weight is 517 g/mol. The molecule has 1 saturated heterocycles. The number of rotatable bonds is 9. The zero-order chi connectivity index (χ0) is 26.8. The van der Waals surface area contributed by atoms with Gasteiger partial charge in [0.15, 0.2) is 0 Å². The molecule has 1 unspecified atom stereocenters. The summed E-state index contributed by atoms with van der Waals surface area (Å²) < 4.78 is 25.8. The van der Waals surface area contributed by atoms with Gasteiger partial charge in [-0.3, -0.25) is 19.7 Å². The number of nitro groups is 1. The van der Waals surface area contributed by atoms with Crippen molar-refractivity contribution in [3.63, 3.8) is 0 Å². The van der Waals surface area contributed by atoms with Crippen LogP contribution in [-0.2, 0) is 19.6 Å². The topological polar surface area (TPSA) is 141 Å². The smallest absolute Gasteiger partial charge is 0.295 e. The minimum absolute atomic E-state index is 0.0107. The second-order valence-corrected chi connectivity index (χ2v) is 11.0. The molecular formula is C24H28N4O7S. The van der Waals surface area contributed by atoms with E-state index < -0.39 is 38.4 Å². The number of aliphatic hydroxyl groups excluding tert-OH is 1. The summed E-state index contributed by atoms with van der Waals surface area (Å²) >= 11 is 0. The number of ketones is 1. The first-order valence-corrected chi connectivity index (χ1v) is 12.5. The van der Waals surface area contributed by atoms with Gasteiger partial charge in [-0.05, 0) is 56.9 Å². The van der Waals surface area contributed by atoms with E-state index in [1.54, 1.807) is 6.07 Å². The fourth-order valence-corrected chi connectivity index (χ4v) is 4.88. The van der Waals surface area contributed by atoms with E-state index in [2.05, 4.69) is 0 Å². The standard InChI is InChI=1S/C24H28N4O7S/c1-25(2)13-6-14-27-21(17-7-5-8-18(15-17)28(32)33)20(23(30)24(27)31)22(29)16-9-11-19(12-10-16)36(34,35)26(3)4/h5,7-12,15,21,29H,6,13-14H2,1-4H3/b22-20-. The van der Waals surface area contributed by atoms with Crippen molar-refractivity contribution in [1.29, 1.82) is 0 Å². The van der Waals surface area contributed by atoms with Crippen LogP contribution in [0.25, 0.3) is 5.76 Å². The van der Waals surface area contributed by atoms with Crippen molar-refractivity contribution in [2.45, 2.75) is 17.4 Å². The summed E-state index contributed by atoms with van der Waals surface area (Å²) in [5.74, 6) is -2.23. The van der Waals surface area contributed by atoms with Gasteiger partial charge in [-0.25, -0.2) is 12.7 Å². The van der Waals surface area contributed by atoms with Crippen LogP contribution in [0.4, 0.5) is 5.69 Å². The molecule has 0 spiro atoms. The lowest BCUT2D eigenvalue weighted by atomic mass is 9.95. The maximum atomic E-state index is 13.1. The van der Waals surface area contributed by atoms with Crippen molar-refractivity contribution in [1.82, 2.24) is 14.1 Å². The van der Waals surface area contributed by atoms with E-state index in [-0.39, 0.29) is 28.3 Å². The third-order valence-corrected chi connectivity index (χ3v) is 7.68. The Morgan fingerprint density at radius 2 is 1.72 bits per heavy atom. The molecule has 2 aromatic rings. The fraction of sp³-hybridized carbons (Fsp3) is 0.333. The Morgan fingerprint density at radius 1 is 1.08 bits per heavy atom. The quantitative estimate of drug-likeness (QED) is 0.176. The second-order valence-electron chi connectivity index (χ2n) is 8.81. The molecule has 36 heavy (non-hydrogen) atoms. The molecule has 3 rings (SSSR count). The number of hydrogen-bond donors (Lipinski definition) is 1. The van der Waals surface area contributed by atoms with Gasteiger partial charge >= 0.3 is 0 Å². The third kappa shape index (κ3) is 5.30. The van der Waals surface area contributed by atoms with E-state index in [1.165, 1.54) is 61.5 Å². The number of benzene rings is 2. The van der Waals surface area contributed by atoms with Crippen LogP contribution >= 0.6 is 0 Å². The Labute approximate surface area is 209 Å². The number of sulfonamides is 1. The monoisotopic (exact) mass is 516 g/mol. The first-order chi connectivity index (χ1) is 16.9. The molecule has 0 bridgehead atoms. The molecule has 1 heterocycles. The van der Waals surface area contributed by atoms with Crippen LogP contribution in [-0.4, -0.2) is 85.5 Å². The van der Waals surface area contributed by atoms with Crippen molar-refractivity contribution >= 4 is 33.2 Å². The Balaban J connectivity index is 2.13. The highest BCUT2D eigenvalue weighted by Crippen LogP contribution is 2.40. The fourth-order valence-electron chi connectivity index (χ4n) is 3.97. The van der Waals surface area contributed by atoms with Crippen LogP contribution in [0.3, 0.4) is 0 Å². The number of nitro benzene ring substituents is 1. The van der Waals surface area contributed by atoms with Crippen molar-refractivity contribution in [3.8, 4) is 0 Å². The number of hydrogen-bond acceptors (Lipinski definition) is 8. The summed E-state index contributed by atoms with van der Waals surface area (Å²) in [5, 5.41) is 22.5. The van der Waals surface area contributed by atoms with Crippen LogP contribution in [0, 0.1) is 10.1 Å². The molecule has 0 saturated carbocycles. The predicted octanol–water partition coefficient (Wildman–Crippen LogP) is 2.22. The summed E-state index contributed by atoms with van der Waals surface area (Å²) in [7, 11) is 2.80. The summed E-state index contributed by atoms with van der Waals surface area (Å²) in [5.41, 5.74) is 0.00855. The van der Waals surface area contributed by atoms with Crippen LogP contribution in [0.5, 0.6) is 0 Å². The van der Waals surface area contributed by atoms with E-state index in [4.69, 9.17) is 0 Å². The molecular weight excluding hydrogens is 488 g/mol. The largest absolute Gasteiger partial charge is 0.507 e. The zero-order valence-corrected chi connectivity index (χ0v) is 21.2. The van der Waals surface area contributed by atoms with Gasteiger partial charge in [0.1, 0.15) is 5.76 Å². The van der Waals surface area contributed by atoms with Gasteiger partial charge in [-0.1, -0.05) is 12.1 Å². The minimum Gasteiger partial charge on any atom is -0.507 e. The minimum atomic E-state index is -3.71. The van der Waals surface area contributed by atoms with Gasteiger partial charge in [0, 0.05) is 38.3 Å². The van der Waals surface area contributed by atoms with Gasteiger partial charge < -0.3 is 14.9 Å². The molecule has 1 atom stereocenters. The van der Waals surface area contributed by atoms with Crippen molar-refractivity contribution in [2.24, 2.45) is 0 Å². The number of amides is 1. The molecule has 1 amide bonds. The molecule has 1 fully saturated rings. The van der Waals surface area contributed by atoms with Gasteiger partial charge in [0.05, 0.1) is 21.4 Å². The Bertz CT molecular complexity index is 1320. The lowest BCUT2D eigenvalue weighted by Gasteiger charge is -2.25. The highest BCUT2D eigenvalue weighted by molar-refractivity contribution is 7.89. The van der Waals surface area contributed by atoms with E-state index in [1.807, 2.05) is 19.0 Å². The maximum Gasteiger partial charge on any atom is 0.295 e. The molecule has 1 aliphatic rings. The predicted molar refractivity (Wildman–Crippen MR) is 133 cm³/mol. The molecule has 0 aromatic heterocycles. The third-order valence-electron chi connectivity index (χ3n) is 5.85. The Kier molecular flexibility index (Phi) is 7.92. The molecule has 11 nitrogen and oxygen atoms in total. The second kappa shape index (κ2) is 10.6. The van der Waals surface area contributed by atoms with Gasteiger partial charge in [-0.15, -0.1) is 0 Å². The van der Waals surface area contributed by atoms with Crippen molar-refractivity contribution in [3.05, 3.63) is 75.3 Å². The number of Topliss-reactive ketones (excluding diaryl/α,β-unsaturated/α-hetero) is 1.